The molecular formula is C32H52N2O9. The number of esters is 1. The SMILES string of the molecule is CC(C)(C)OC(=O)NCCCC(CCCNC(=O)OC(C)(C)C)(C(=O)O)C(=O)OC(C)(C)CCCOCc1ccccc1. The molecule has 0 aliphatic rings. The Bertz CT molecular complexity index is 992. The second kappa shape index (κ2) is 17.1. The van der Waals surface area contributed by atoms with E-state index in [2.05, 4.69) is 10.6 Å². The summed E-state index contributed by atoms with van der Waals surface area (Å²) in [6.07, 6.45) is 0.0127. The van der Waals surface area contributed by atoms with Crippen molar-refractivity contribution in [2.24, 2.45) is 5.41 Å². The molecule has 0 spiro atoms. The fourth-order valence-corrected chi connectivity index (χ4v) is 4.18. The Morgan fingerprint density at radius 1 is 0.698 bits per heavy atom. The van der Waals surface area contributed by atoms with Crippen LogP contribution in [0.5, 0.6) is 0 Å². The van der Waals surface area contributed by atoms with Crippen LogP contribution in [-0.4, -0.2) is 65.7 Å². The number of carbonyl (C=O) groups excluding carboxylic acids is 3. The minimum absolute atomic E-state index is 0.0837. The van der Waals surface area contributed by atoms with E-state index in [-0.39, 0.29) is 38.8 Å². The van der Waals surface area contributed by atoms with Gasteiger partial charge in [-0.25, -0.2) is 9.59 Å². The van der Waals surface area contributed by atoms with Gasteiger partial charge in [-0.1, -0.05) is 30.3 Å². The Labute approximate surface area is 256 Å². The lowest BCUT2D eigenvalue weighted by Crippen LogP contribution is -2.45. The van der Waals surface area contributed by atoms with E-state index in [9.17, 15) is 24.3 Å². The molecule has 0 aliphatic heterocycles. The van der Waals surface area contributed by atoms with Crippen LogP contribution in [0.15, 0.2) is 30.3 Å². The van der Waals surface area contributed by atoms with Gasteiger partial charge in [0.2, 0.25) is 0 Å². The number of nitrogens with one attached hydrogen (secondary N) is 2. The summed E-state index contributed by atoms with van der Waals surface area (Å²) in [7, 11) is 0. The van der Waals surface area contributed by atoms with Gasteiger partial charge in [0.25, 0.3) is 0 Å². The van der Waals surface area contributed by atoms with Crippen molar-refractivity contribution in [1.29, 1.82) is 0 Å². The predicted molar refractivity (Wildman–Crippen MR) is 163 cm³/mol. The number of alkyl carbamates (subject to hydrolysis) is 2. The Balaban J connectivity index is 2.84. The highest BCUT2D eigenvalue weighted by Gasteiger charge is 2.48. The molecule has 0 saturated carbocycles. The van der Waals surface area contributed by atoms with Crippen LogP contribution in [0, 0.1) is 5.41 Å². The van der Waals surface area contributed by atoms with E-state index in [0.29, 0.717) is 26.1 Å². The summed E-state index contributed by atoms with van der Waals surface area (Å²) >= 11 is 0. The van der Waals surface area contributed by atoms with Crippen LogP contribution >= 0.6 is 0 Å². The van der Waals surface area contributed by atoms with Crippen molar-refractivity contribution >= 4 is 24.1 Å². The Hall–Kier alpha value is -3.34. The second-order valence-corrected chi connectivity index (χ2v) is 13.2. The van der Waals surface area contributed by atoms with Gasteiger partial charge in [0.1, 0.15) is 16.8 Å². The highest BCUT2D eigenvalue weighted by molar-refractivity contribution is 5.99. The number of hydrogen-bond donors (Lipinski definition) is 3. The number of carboxylic acids is 1. The first-order valence-corrected chi connectivity index (χ1v) is 14.9. The van der Waals surface area contributed by atoms with Crippen LogP contribution < -0.4 is 10.6 Å². The van der Waals surface area contributed by atoms with Crippen molar-refractivity contribution in [3.8, 4) is 0 Å². The summed E-state index contributed by atoms with van der Waals surface area (Å²) in [4.78, 5) is 50.3. The van der Waals surface area contributed by atoms with Crippen molar-refractivity contribution in [2.45, 2.75) is 117 Å². The molecule has 0 aromatic heterocycles. The highest BCUT2D eigenvalue weighted by atomic mass is 16.6. The molecule has 43 heavy (non-hydrogen) atoms. The minimum atomic E-state index is -1.88. The van der Waals surface area contributed by atoms with Gasteiger partial charge in [0.15, 0.2) is 5.41 Å². The average molecular weight is 609 g/mol. The lowest BCUT2D eigenvalue weighted by molar-refractivity contribution is -0.180. The van der Waals surface area contributed by atoms with Gasteiger partial charge < -0.3 is 34.7 Å². The van der Waals surface area contributed by atoms with E-state index in [4.69, 9.17) is 18.9 Å². The molecule has 0 fully saturated rings. The number of carbonyl (C=O) groups is 4. The van der Waals surface area contributed by atoms with E-state index in [1.807, 2.05) is 30.3 Å². The third-order valence-corrected chi connectivity index (χ3v) is 6.25. The number of ether oxygens (including phenoxy) is 4. The molecule has 0 aliphatic carbocycles. The zero-order valence-corrected chi connectivity index (χ0v) is 27.2. The van der Waals surface area contributed by atoms with E-state index in [0.717, 1.165) is 5.56 Å². The van der Waals surface area contributed by atoms with Gasteiger partial charge in [0, 0.05) is 19.7 Å². The van der Waals surface area contributed by atoms with Gasteiger partial charge in [-0.15, -0.1) is 0 Å². The molecule has 3 N–H and O–H groups in total. The number of rotatable bonds is 17. The molecule has 0 unspecified atom stereocenters. The number of amides is 2. The molecule has 0 heterocycles. The third kappa shape index (κ3) is 16.2. The molecule has 2 amide bonds. The summed E-state index contributed by atoms with van der Waals surface area (Å²) in [5.41, 5.74) is -3.14. The monoisotopic (exact) mass is 608 g/mol. The normalized spacial score (nSPS) is 12.3. The lowest BCUT2D eigenvalue weighted by atomic mass is 9.78. The minimum Gasteiger partial charge on any atom is -0.480 e. The van der Waals surface area contributed by atoms with Crippen molar-refractivity contribution in [1.82, 2.24) is 10.6 Å². The van der Waals surface area contributed by atoms with Crippen LogP contribution in [0.4, 0.5) is 9.59 Å². The predicted octanol–water partition coefficient (Wildman–Crippen LogP) is 5.99. The molecule has 1 aromatic rings. The highest BCUT2D eigenvalue weighted by Crippen LogP contribution is 2.34. The average Bonchev–Trinajstić information content (AvgIpc) is 2.85. The van der Waals surface area contributed by atoms with Crippen LogP contribution in [-0.2, 0) is 35.1 Å². The summed E-state index contributed by atoms with van der Waals surface area (Å²) < 4.78 is 22.0. The number of benzene rings is 1. The van der Waals surface area contributed by atoms with Crippen LogP contribution in [0.2, 0.25) is 0 Å². The molecule has 244 valence electrons. The first-order valence-electron chi connectivity index (χ1n) is 14.9. The van der Waals surface area contributed by atoms with Crippen LogP contribution in [0.3, 0.4) is 0 Å². The van der Waals surface area contributed by atoms with E-state index in [1.54, 1.807) is 55.4 Å². The maximum atomic E-state index is 13.6. The smallest absolute Gasteiger partial charge is 0.407 e. The Morgan fingerprint density at radius 2 is 1.19 bits per heavy atom. The topological polar surface area (TPSA) is 149 Å². The van der Waals surface area contributed by atoms with Gasteiger partial charge in [-0.3, -0.25) is 9.59 Å². The Morgan fingerprint density at radius 3 is 1.63 bits per heavy atom. The van der Waals surface area contributed by atoms with E-state index in [1.165, 1.54) is 0 Å². The molecule has 0 bridgehead atoms. The molecule has 0 atom stereocenters. The van der Waals surface area contributed by atoms with Gasteiger partial charge in [-0.2, -0.15) is 0 Å². The molecule has 0 radical (unpaired) electrons. The largest absolute Gasteiger partial charge is 0.480 e. The number of hydrogen-bond acceptors (Lipinski definition) is 8. The van der Waals surface area contributed by atoms with Gasteiger partial charge in [-0.05, 0) is 99.5 Å². The van der Waals surface area contributed by atoms with Crippen molar-refractivity contribution < 1.29 is 43.2 Å². The summed E-state index contributed by atoms with van der Waals surface area (Å²) in [6.45, 7) is 15.0. The maximum Gasteiger partial charge on any atom is 0.407 e. The summed E-state index contributed by atoms with van der Waals surface area (Å²) in [5, 5.41) is 15.5. The maximum absolute atomic E-state index is 13.6. The van der Waals surface area contributed by atoms with Crippen molar-refractivity contribution in [2.75, 3.05) is 19.7 Å². The molecule has 11 nitrogen and oxygen atoms in total. The standard InChI is InChI=1S/C32H52N2O9/c1-29(2,3)42-27(38)33-20-12-18-32(25(35)36,19-13-21-34-28(39)43-30(4,5)6)26(37)41-31(7,8)17-14-22-40-23-24-15-10-9-11-16-24/h9-11,15-16H,12-14,17-23H2,1-8H3,(H,33,38)(H,34,39)(H,35,36). The van der Waals surface area contributed by atoms with Crippen LogP contribution in [0.1, 0.15) is 99.5 Å². The van der Waals surface area contributed by atoms with Crippen molar-refractivity contribution in [3.63, 3.8) is 0 Å². The van der Waals surface area contributed by atoms with Gasteiger partial charge >= 0.3 is 24.1 Å². The zero-order chi connectivity index (χ0) is 32.7. The van der Waals surface area contributed by atoms with E-state index >= 15 is 0 Å². The fraction of sp³-hybridized carbons (Fsp3) is 0.688. The quantitative estimate of drug-likeness (QED) is 0.0839. The molecule has 0 saturated heterocycles. The lowest BCUT2D eigenvalue weighted by Gasteiger charge is -2.33. The number of carboxylic acid groups (broad SMARTS) is 1. The first kappa shape index (κ1) is 37.7. The molecule has 1 rings (SSSR count). The first-order chi connectivity index (χ1) is 19.9. The van der Waals surface area contributed by atoms with E-state index < -0.39 is 46.3 Å². The summed E-state index contributed by atoms with van der Waals surface area (Å²) in [6, 6.07) is 9.77. The molecule has 1 aromatic carbocycles. The summed E-state index contributed by atoms with van der Waals surface area (Å²) in [5.74, 6) is -2.18. The zero-order valence-electron chi connectivity index (χ0n) is 27.2. The molecule has 11 heteroatoms. The second-order valence-electron chi connectivity index (χ2n) is 13.2. The number of aliphatic carboxylic acids is 1. The fourth-order valence-electron chi connectivity index (χ4n) is 4.18. The van der Waals surface area contributed by atoms with Gasteiger partial charge in [0.05, 0.1) is 6.61 Å². The van der Waals surface area contributed by atoms with Crippen molar-refractivity contribution in [3.05, 3.63) is 35.9 Å². The third-order valence-electron chi connectivity index (χ3n) is 6.25. The Kier molecular flexibility index (Phi) is 15.0. The molecular weight excluding hydrogens is 556 g/mol. The van der Waals surface area contributed by atoms with Crippen LogP contribution in [0.25, 0.3) is 0 Å².